The number of allylic oxidation sites excluding steroid dienone is 2. The van der Waals surface area contributed by atoms with Gasteiger partial charge in [-0.15, -0.1) is 0 Å². The highest BCUT2D eigenvalue weighted by atomic mass is 16.5. The van der Waals surface area contributed by atoms with Crippen LogP contribution in [-0.2, 0) is 20.8 Å². The Hall–Kier alpha value is -3.41. The number of carbonyl (C=O) groups excluding carboxylic acids is 3. The zero-order valence-electron chi connectivity index (χ0n) is 20.4. The zero-order valence-corrected chi connectivity index (χ0v) is 20.4. The van der Waals surface area contributed by atoms with Gasteiger partial charge in [-0.3, -0.25) is 14.5 Å². The molecule has 1 heterocycles. The number of rotatable bonds is 9. The molecule has 0 N–H and O–H groups in total. The maximum Gasteiger partial charge on any atom is 0.335 e. The Morgan fingerprint density at radius 1 is 0.917 bits per heavy atom. The fourth-order valence-corrected chi connectivity index (χ4v) is 6.53. The van der Waals surface area contributed by atoms with E-state index in [1.165, 1.54) is 4.90 Å². The summed E-state index contributed by atoms with van der Waals surface area (Å²) < 4.78 is 11.4. The van der Waals surface area contributed by atoms with Gasteiger partial charge in [-0.25, -0.2) is 4.79 Å². The van der Waals surface area contributed by atoms with Crippen LogP contribution in [0.4, 0.5) is 0 Å². The molecule has 4 aliphatic carbocycles. The third-order valence-corrected chi connectivity index (χ3v) is 8.36. The number of esters is 1. The van der Waals surface area contributed by atoms with Crippen molar-refractivity contribution >= 4 is 17.8 Å². The predicted octanol–water partition coefficient (Wildman–Crippen LogP) is 4.44. The van der Waals surface area contributed by atoms with Crippen LogP contribution >= 0.6 is 0 Å². The summed E-state index contributed by atoms with van der Waals surface area (Å²) >= 11 is 0. The van der Waals surface area contributed by atoms with E-state index < -0.39 is 12.0 Å². The van der Waals surface area contributed by atoms with E-state index in [-0.39, 0.29) is 41.9 Å². The van der Waals surface area contributed by atoms with E-state index in [4.69, 9.17) is 9.47 Å². The monoisotopic (exact) mass is 485 g/mol. The molecule has 5 aliphatic rings. The van der Waals surface area contributed by atoms with Crippen LogP contribution in [0.3, 0.4) is 0 Å². The summed E-state index contributed by atoms with van der Waals surface area (Å²) in [5, 5.41) is 0. The van der Waals surface area contributed by atoms with Crippen molar-refractivity contribution in [3.63, 3.8) is 0 Å². The highest BCUT2D eigenvalue weighted by Gasteiger charge is 2.68. The van der Waals surface area contributed by atoms with Crippen molar-refractivity contribution in [3.8, 4) is 11.5 Å². The Kier molecular flexibility index (Phi) is 5.90. The first-order chi connectivity index (χ1) is 17.6. The fourth-order valence-electron chi connectivity index (χ4n) is 6.53. The van der Waals surface area contributed by atoms with Crippen LogP contribution in [0.15, 0.2) is 66.7 Å². The normalized spacial score (nSPS) is 30.1. The van der Waals surface area contributed by atoms with Crippen LogP contribution in [0.1, 0.15) is 31.7 Å². The first-order valence-corrected chi connectivity index (χ1v) is 13.1. The third kappa shape index (κ3) is 3.93. The number of likely N-dealkylation sites (tertiary alicyclic amines) is 1. The average Bonchev–Trinajstić information content (AvgIpc) is 3.68. The quantitative estimate of drug-likeness (QED) is 0.173. The van der Waals surface area contributed by atoms with Gasteiger partial charge in [0.2, 0.25) is 11.8 Å². The molecule has 6 heteroatoms. The van der Waals surface area contributed by atoms with Crippen LogP contribution < -0.4 is 9.47 Å². The standard InChI is InChI=1S/C30H31NO5/c1-2-3-15-35-19-9-11-20(12-10-19)36-30(34)25(16-18-7-5-4-6-8-18)31-28(32)26-21-13-14-22(24-17-23(21)24)27(26)29(31)33/h4-14,21-27H,2-3,15-17H2,1H3/t21-,22-,23-,24+,25-,26+,27+/m0/s1. The Morgan fingerprint density at radius 2 is 1.53 bits per heavy atom. The lowest BCUT2D eigenvalue weighted by Gasteiger charge is -2.37. The van der Waals surface area contributed by atoms with Crippen molar-refractivity contribution in [1.29, 1.82) is 0 Å². The highest BCUT2D eigenvalue weighted by molar-refractivity contribution is 6.09. The maximum absolute atomic E-state index is 13.7. The Morgan fingerprint density at radius 3 is 2.14 bits per heavy atom. The van der Waals surface area contributed by atoms with Crippen molar-refractivity contribution in [2.75, 3.05) is 6.61 Å². The van der Waals surface area contributed by atoms with E-state index in [2.05, 4.69) is 19.1 Å². The van der Waals surface area contributed by atoms with Crippen molar-refractivity contribution in [2.45, 2.75) is 38.6 Å². The molecule has 36 heavy (non-hydrogen) atoms. The van der Waals surface area contributed by atoms with E-state index in [9.17, 15) is 14.4 Å². The summed E-state index contributed by atoms with van der Waals surface area (Å²) in [7, 11) is 0. The molecular formula is C30H31NO5. The minimum Gasteiger partial charge on any atom is -0.494 e. The number of imide groups is 1. The van der Waals surface area contributed by atoms with Gasteiger partial charge in [0.15, 0.2) is 0 Å². The number of amides is 2. The van der Waals surface area contributed by atoms with E-state index >= 15 is 0 Å². The topological polar surface area (TPSA) is 72.9 Å². The van der Waals surface area contributed by atoms with E-state index in [1.54, 1.807) is 24.3 Å². The van der Waals surface area contributed by atoms with Gasteiger partial charge in [0.25, 0.3) is 0 Å². The van der Waals surface area contributed by atoms with Crippen LogP contribution in [0.25, 0.3) is 0 Å². The zero-order chi connectivity index (χ0) is 24.8. The van der Waals surface area contributed by atoms with Crippen molar-refractivity contribution in [1.82, 2.24) is 4.90 Å². The highest BCUT2D eigenvalue weighted by Crippen LogP contribution is 2.65. The molecule has 2 amide bonds. The molecule has 1 aliphatic heterocycles. The van der Waals surface area contributed by atoms with Crippen LogP contribution in [0.2, 0.25) is 0 Å². The number of hydrogen-bond donors (Lipinski definition) is 0. The molecule has 0 aromatic heterocycles. The molecule has 1 saturated heterocycles. The predicted molar refractivity (Wildman–Crippen MR) is 133 cm³/mol. The summed E-state index contributed by atoms with van der Waals surface area (Å²) in [5.74, 6) is 0.596. The number of ether oxygens (including phenoxy) is 2. The van der Waals surface area contributed by atoms with Crippen molar-refractivity contribution < 1.29 is 23.9 Å². The molecule has 186 valence electrons. The maximum atomic E-state index is 13.7. The van der Waals surface area contributed by atoms with Gasteiger partial charge >= 0.3 is 5.97 Å². The third-order valence-electron chi connectivity index (χ3n) is 8.36. The summed E-state index contributed by atoms with van der Waals surface area (Å²) in [6, 6.07) is 15.4. The molecule has 3 fully saturated rings. The molecule has 0 unspecified atom stereocenters. The fraction of sp³-hybridized carbons (Fsp3) is 0.433. The smallest absolute Gasteiger partial charge is 0.335 e. The summed E-state index contributed by atoms with van der Waals surface area (Å²) in [4.78, 5) is 42.2. The molecule has 2 aromatic carbocycles. The molecular weight excluding hydrogens is 454 g/mol. The Balaban J connectivity index is 1.24. The lowest BCUT2D eigenvalue weighted by atomic mass is 9.63. The molecule has 6 nitrogen and oxygen atoms in total. The van der Waals surface area contributed by atoms with Crippen LogP contribution in [-0.4, -0.2) is 35.3 Å². The van der Waals surface area contributed by atoms with E-state index in [1.807, 2.05) is 30.3 Å². The van der Waals surface area contributed by atoms with E-state index in [0.29, 0.717) is 29.9 Å². The number of nitrogens with zero attached hydrogens (tertiary/aromatic N) is 1. The number of unbranched alkanes of at least 4 members (excludes halogenated alkanes) is 1. The molecule has 2 aromatic rings. The average molecular weight is 486 g/mol. The van der Waals surface area contributed by atoms with Gasteiger partial charge in [0.1, 0.15) is 17.5 Å². The molecule has 0 radical (unpaired) electrons. The van der Waals surface area contributed by atoms with Gasteiger partial charge in [-0.05, 0) is 66.3 Å². The van der Waals surface area contributed by atoms with Crippen LogP contribution in [0, 0.1) is 35.5 Å². The van der Waals surface area contributed by atoms with Crippen molar-refractivity contribution in [3.05, 3.63) is 72.3 Å². The van der Waals surface area contributed by atoms with Gasteiger partial charge in [0.05, 0.1) is 18.4 Å². The molecule has 2 saturated carbocycles. The molecule has 2 bridgehead atoms. The largest absolute Gasteiger partial charge is 0.494 e. The van der Waals surface area contributed by atoms with E-state index in [0.717, 1.165) is 24.8 Å². The lowest BCUT2D eigenvalue weighted by molar-refractivity contribution is -0.153. The minimum atomic E-state index is -1.01. The second-order valence-electron chi connectivity index (χ2n) is 10.5. The Bertz CT molecular complexity index is 1150. The number of hydrogen-bond acceptors (Lipinski definition) is 5. The summed E-state index contributed by atoms with van der Waals surface area (Å²) in [5.41, 5.74) is 0.874. The Labute approximate surface area is 211 Å². The number of carbonyl (C=O) groups is 3. The van der Waals surface area contributed by atoms with Gasteiger partial charge in [-0.2, -0.15) is 0 Å². The van der Waals surface area contributed by atoms with Crippen LogP contribution in [0.5, 0.6) is 11.5 Å². The molecule has 7 atom stereocenters. The lowest BCUT2D eigenvalue weighted by Crippen LogP contribution is -2.48. The SMILES string of the molecule is CCCCOc1ccc(OC(=O)[C@H](Cc2ccccc2)N2C(=O)[C@@H]3[C@H]4C=C[C@@H]([C@@H]5C[C@H]45)[C@H]3C2=O)cc1. The molecule has 0 spiro atoms. The second kappa shape index (κ2) is 9.23. The minimum absolute atomic E-state index is 0.111. The van der Waals surface area contributed by atoms with Gasteiger partial charge < -0.3 is 9.47 Å². The van der Waals surface area contributed by atoms with Crippen molar-refractivity contribution in [2.24, 2.45) is 35.5 Å². The van der Waals surface area contributed by atoms with Gasteiger partial charge in [-0.1, -0.05) is 55.8 Å². The summed E-state index contributed by atoms with van der Waals surface area (Å²) in [6.45, 7) is 2.74. The summed E-state index contributed by atoms with van der Waals surface area (Å²) in [6.07, 6.45) is 7.63. The first-order valence-electron chi connectivity index (χ1n) is 13.1. The van der Waals surface area contributed by atoms with Gasteiger partial charge in [0, 0.05) is 6.42 Å². The second-order valence-corrected chi connectivity index (χ2v) is 10.5. The first kappa shape index (κ1) is 23.0. The molecule has 7 rings (SSSR count). The number of benzene rings is 2.